The van der Waals surface area contributed by atoms with Crippen LogP contribution in [0.25, 0.3) is 0 Å². The van der Waals surface area contributed by atoms with Gasteiger partial charge in [0.25, 0.3) is 0 Å². The van der Waals surface area contributed by atoms with E-state index in [0.29, 0.717) is 39.0 Å². The van der Waals surface area contributed by atoms with Crippen LogP contribution in [0.15, 0.2) is 0 Å². The number of aliphatic carboxylic acids is 1. The van der Waals surface area contributed by atoms with E-state index in [1.165, 1.54) is 0 Å². The van der Waals surface area contributed by atoms with Gasteiger partial charge in [-0.05, 0) is 19.3 Å². The number of carboxylic acids is 1. The third-order valence-corrected chi connectivity index (χ3v) is 3.20. The van der Waals surface area contributed by atoms with Crippen molar-refractivity contribution in [2.24, 2.45) is 0 Å². The molecule has 1 saturated heterocycles. The molecule has 0 aliphatic carbocycles. The lowest BCUT2D eigenvalue weighted by Crippen LogP contribution is -2.48. The van der Waals surface area contributed by atoms with E-state index in [9.17, 15) is 9.59 Å². The Morgan fingerprint density at radius 2 is 2.10 bits per heavy atom. The number of piperidine rings is 1. The standard InChI is InChI=1S/C14H22N2O4/c1-3-7-15(8-4-2)14(19)16-9-5-12(6-10-16)20-11-13(17)18/h1,12H,4-11H2,2H3,(H,17,18). The molecule has 1 aliphatic rings. The summed E-state index contributed by atoms with van der Waals surface area (Å²) in [6, 6.07) is -0.0403. The average Bonchev–Trinajstić information content (AvgIpc) is 2.44. The van der Waals surface area contributed by atoms with E-state index in [2.05, 4.69) is 5.92 Å². The molecule has 20 heavy (non-hydrogen) atoms. The zero-order valence-corrected chi connectivity index (χ0v) is 11.9. The van der Waals surface area contributed by atoms with E-state index in [1.807, 2.05) is 6.92 Å². The number of likely N-dealkylation sites (tertiary alicyclic amines) is 1. The number of carboxylic acid groups (broad SMARTS) is 1. The fourth-order valence-electron chi connectivity index (χ4n) is 2.23. The maximum atomic E-state index is 12.3. The first-order valence-electron chi connectivity index (χ1n) is 6.89. The van der Waals surface area contributed by atoms with E-state index in [0.717, 1.165) is 6.42 Å². The fraction of sp³-hybridized carbons (Fsp3) is 0.714. The van der Waals surface area contributed by atoms with Gasteiger partial charge < -0.3 is 19.6 Å². The van der Waals surface area contributed by atoms with Crippen molar-refractivity contribution in [3.05, 3.63) is 0 Å². The number of carbonyl (C=O) groups is 2. The third kappa shape index (κ3) is 5.10. The van der Waals surface area contributed by atoms with Gasteiger partial charge >= 0.3 is 12.0 Å². The summed E-state index contributed by atoms with van der Waals surface area (Å²) >= 11 is 0. The molecule has 0 bridgehead atoms. The van der Waals surface area contributed by atoms with Gasteiger partial charge in [0, 0.05) is 19.6 Å². The van der Waals surface area contributed by atoms with E-state index >= 15 is 0 Å². The van der Waals surface area contributed by atoms with E-state index in [-0.39, 0.29) is 18.7 Å². The van der Waals surface area contributed by atoms with Gasteiger partial charge in [-0.2, -0.15) is 0 Å². The summed E-state index contributed by atoms with van der Waals surface area (Å²) in [4.78, 5) is 26.1. The number of amides is 2. The monoisotopic (exact) mass is 282 g/mol. The predicted molar refractivity (Wildman–Crippen MR) is 74.3 cm³/mol. The number of rotatable bonds is 6. The highest BCUT2D eigenvalue weighted by atomic mass is 16.5. The summed E-state index contributed by atoms with van der Waals surface area (Å²) in [5.74, 6) is 1.54. The number of terminal acetylenes is 1. The smallest absolute Gasteiger partial charge is 0.329 e. The summed E-state index contributed by atoms with van der Waals surface area (Å²) in [6.45, 7) is 3.85. The molecule has 1 fully saturated rings. The highest BCUT2D eigenvalue weighted by Gasteiger charge is 2.26. The molecule has 0 radical (unpaired) electrons. The second kappa shape index (κ2) is 8.43. The third-order valence-electron chi connectivity index (χ3n) is 3.20. The van der Waals surface area contributed by atoms with Crippen LogP contribution in [0.5, 0.6) is 0 Å². The molecule has 0 saturated carbocycles. The molecule has 6 heteroatoms. The topological polar surface area (TPSA) is 70.1 Å². The molecule has 0 aromatic heterocycles. The zero-order valence-electron chi connectivity index (χ0n) is 11.9. The van der Waals surface area contributed by atoms with Crippen LogP contribution in [-0.4, -0.2) is 65.8 Å². The normalized spacial score (nSPS) is 15.7. The number of nitrogens with zero attached hydrogens (tertiary/aromatic N) is 2. The Balaban J connectivity index is 2.41. The second-order valence-electron chi connectivity index (χ2n) is 4.80. The number of carbonyl (C=O) groups excluding carboxylic acids is 1. The van der Waals surface area contributed by atoms with Crippen molar-refractivity contribution in [1.82, 2.24) is 9.80 Å². The van der Waals surface area contributed by atoms with Crippen molar-refractivity contribution in [3.8, 4) is 12.3 Å². The minimum atomic E-state index is -0.966. The molecule has 0 aromatic rings. The first-order valence-corrected chi connectivity index (χ1v) is 6.89. The van der Waals surface area contributed by atoms with E-state index in [1.54, 1.807) is 9.80 Å². The molecule has 0 aromatic carbocycles. The zero-order chi connectivity index (χ0) is 15.0. The van der Waals surface area contributed by atoms with Crippen molar-refractivity contribution in [1.29, 1.82) is 0 Å². The minimum Gasteiger partial charge on any atom is -0.480 e. The Hall–Kier alpha value is -1.74. The first kappa shape index (κ1) is 16.3. The number of ether oxygens (including phenoxy) is 1. The summed E-state index contributed by atoms with van der Waals surface area (Å²) in [5, 5.41) is 8.56. The maximum absolute atomic E-state index is 12.3. The highest BCUT2D eigenvalue weighted by molar-refractivity contribution is 5.74. The van der Waals surface area contributed by atoms with Crippen LogP contribution in [-0.2, 0) is 9.53 Å². The summed E-state index contributed by atoms with van der Waals surface area (Å²) in [5.41, 5.74) is 0. The van der Waals surface area contributed by atoms with Crippen LogP contribution < -0.4 is 0 Å². The van der Waals surface area contributed by atoms with Crippen molar-refractivity contribution < 1.29 is 19.4 Å². The Morgan fingerprint density at radius 1 is 1.45 bits per heavy atom. The molecular formula is C14H22N2O4. The van der Waals surface area contributed by atoms with Crippen LogP contribution in [0.3, 0.4) is 0 Å². The largest absolute Gasteiger partial charge is 0.480 e. The molecule has 1 heterocycles. The summed E-state index contributed by atoms with van der Waals surface area (Å²) in [7, 11) is 0. The molecule has 0 unspecified atom stereocenters. The van der Waals surface area contributed by atoms with Gasteiger partial charge in [-0.15, -0.1) is 6.42 Å². The highest BCUT2D eigenvalue weighted by Crippen LogP contribution is 2.15. The molecule has 1 N–H and O–H groups in total. The maximum Gasteiger partial charge on any atom is 0.329 e. The molecule has 112 valence electrons. The van der Waals surface area contributed by atoms with Crippen LogP contribution >= 0.6 is 0 Å². The Labute approximate surface area is 119 Å². The minimum absolute atomic E-state index is 0.0403. The van der Waals surface area contributed by atoms with Crippen LogP contribution in [0.2, 0.25) is 0 Å². The van der Waals surface area contributed by atoms with Crippen LogP contribution in [0.1, 0.15) is 26.2 Å². The van der Waals surface area contributed by atoms with Crippen molar-refractivity contribution in [3.63, 3.8) is 0 Å². The van der Waals surface area contributed by atoms with Gasteiger partial charge in [0.05, 0.1) is 12.6 Å². The first-order chi connectivity index (χ1) is 9.58. The number of hydrogen-bond donors (Lipinski definition) is 1. The second-order valence-corrected chi connectivity index (χ2v) is 4.80. The summed E-state index contributed by atoms with van der Waals surface area (Å²) in [6.07, 6.45) is 7.39. The lowest BCUT2D eigenvalue weighted by atomic mass is 10.1. The van der Waals surface area contributed by atoms with Crippen molar-refractivity contribution in [2.45, 2.75) is 32.3 Å². The number of urea groups is 1. The lowest BCUT2D eigenvalue weighted by molar-refractivity contribution is -0.145. The van der Waals surface area contributed by atoms with Crippen LogP contribution in [0, 0.1) is 12.3 Å². The van der Waals surface area contributed by atoms with Gasteiger partial charge in [-0.3, -0.25) is 0 Å². The molecule has 6 nitrogen and oxygen atoms in total. The van der Waals surface area contributed by atoms with E-state index in [4.69, 9.17) is 16.3 Å². The molecule has 1 rings (SSSR count). The molecule has 0 spiro atoms. The van der Waals surface area contributed by atoms with Crippen molar-refractivity contribution in [2.75, 3.05) is 32.8 Å². The van der Waals surface area contributed by atoms with Gasteiger partial charge in [0.1, 0.15) is 6.61 Å². The van der Waals surface area contributed by atoms with Gasteiger partial charge in [-0.25, -0.2) is 9.59 Å². The quantitative estimate of drug-likeness (QED) is 0.738. The van der Waals surface area contributed by atoms with Gasteiger partial charge in [0.2, 0.25) is 0 Å². The Morgan fingerprint density at radius 3 is 2.60 bits per heavy atom. The van der Waals surface area contributed by atoms with Crippen LogP contribution in [0.4, 0.5) is 4.79 Å². The molecular weight excluding hydrogens is 260 g/mol. The Bertz CT molecular complexity index is 370. The van der Waals surface area contributed by atoms with E-state index < -0.39 is 5.97 Å². The number of hydrogen-bond acceptors (Lipinski definition) is 3. The van der Waals surface area contributed by atoms with Crippen molar-refractivity contribution >= 4 is 12.0 Å². The SMILES string of the molecule is C#CCN(CCC)C(=O)N1CCC(OCC(=O)O)CC1. The average molecular weight is 282 g/mol. The fourth-order valence-corrected chi connectivity index (χ4v) is 2.23. The van der Waals surface area contributed by atoms with Gasteiger partial charge in [-0.1, -0.05) is 12.8 Å². The predicted octanol–water partition coefficient (Wildman–Crippen LogP) is 1.02. The molecule has 2 amide bonds. The Kier molecular flexibility index (Phi) is 6.88. The summed E-state index contributed by atoms with van der Waals surface area (Å²) < 4.78 is 5.24. The molecule has 0 atom stereocenters. The molecule has 1 aliphatic heterocycles. The lowest BCUT2D eigenvalue weighted by Gasteiger charge is -2.35. The van der Waals surface area contributed by atoms with Gasteiger partial charge in [0.15, 0.2) is 0 Å².